The zero-order valence-electron chi connectivity index (χ0n) is 12.0. The van der Waals surface area contributed by atoms with Gasteiger partial charge in [-0.05, 0) is 49.9 Å². The molecule has 3 heteroatoms. The van der Waals surface area contributed by atoms with Gasteiger partial charge in [-0.2, -0.15) is 0 Å². The number of β-amino-alcohol motifs (C(OH)–C–C–N with tert-alkyl or cyclic N) is 1. The maximum atomic E-state index is 10.1. The number of aliphatic hydroxyl groups excluding tert-OH is 1. The highest BCUT2D eigenvalue weighted by molar-refractivity contribution is 5.27. The lowest BCUT2D eigenvalue weighted by molar-refractivity contribution is 0.0537. The van der Waals surface area contributed by atoms with Gasteiger partial charge in [-0.25, -0.2) is 0 Å². The minimum absolute atomic E-state index is 0.369. The van der Waals surface area contributed by atoms with Crippen LogP contribution in [-0.4, -0.2) is 42.4 Å². The van der Waals surface area contributed by atoms with Crippen molar-refractivity contribution in [3.63, 3.8) is 0 Å². The van der Waals surface area contributed by atoms with Gasteiger partial charge in [0.15, 0.2) is 0 Å². The van der Waals surface area contributed by atoms with Crippen molar-refractivity contribution in [2.45, 2.75) is 32.8 Å². The molecular weight excluding hydrogens is 238 g/mol. The molecule has 3 nitrogen and oxygen atoms in total. The summed E-state index contributed by atoms with van der Waals surface area (Å²) in [4.78, 5) is 2.35. The molecule has 106 valence electrons. The molecule has 1 aromatic carbocycles. The van der Waals surface area contributed by atoms with Crippen molar-refractivity contribution in [2.75, 3.05) is 26.2 Å². The van der Waals surface area contributed by atoms with Crippen molar-refractivity contribution >= 4 is 0 Å². The Morgan fingerprint density at radius 2 is 2.32 bits per heavy atom. The first kappa shape index (κ1) is 14.4. The van der Waals surface area contributed by atoms with E-state index in [0.29, 0.717) is 6.61 Å². The molecule has 0 bridgehead atoms. The van der Waals surface area contributed by atoms with E-state index < -0.39 is 6.10 Å². The Bertz CT molecular complexity index is 394. The third-order valence-electron chi connectivity index (χ3n) is 3.64. The van der Waals surface area contributed by atoms with E-state index >= 15 is 0 Å². The fraction of sp³-hybridized carbons (Fsp3) is 0.625. The number of ether oxygens (including phenoxy) is 1. The second-order valence-electron chi connectivity index (χ2n) is 5.79. The molecule has 1 fully saturated rings. The molecule has 2 atom stereocenters. The molecule has 1 N–H and O–H groups in total. The van der Waals surface area contributed by atoms with Crippen molar-refractivity contribution in [3.05, 3.63) is 29.8 Å². The van der Waals surface area contributed by atoms with Gasteiger partial charge in [0.25, 0.3) is 0 Å². The van der Waals surface area contributed by atoms with E-state index in [1.165, 1.54) is 18.4 Å². The number of nitrogens with zero attached hydrogens (tertiary/aromatic N) is 1. The van der Waals surface area contributed by atoms with Crippen molar-refractivity contribution in [1.82, 2.24) is 4.90 Å². The van der Waals surface area contributed by atoms with Gasteiger partial charge < -0.3 is 14.7 Å². The van der Waals surface area contributed by atoms with Crippen LogP contribution in [0, 0.1) is 12.8 Å². The maximum Gasteiger partial charge on any atom is 0.119 e. The molecule has 2 rings (SSSR count). The van der Waals surface area contributed by atoms with Gasteiger partial charge in [0, 0.05) is 13.1 Å². The molecule has 0 aromatic heterocycles. The number of hydrogen-bond acceptors (Lipinski definition) is 3. The summed E-state index contributed by atoms with van der Waals surface area (Å²) in [6.45, 7) is 7.61. The van der Waals surface area contributed by atoms with Gasteiger partial charge in [-0.3, -0.25) is 0 Å². The number of hydrogen-bond donors (Lipinski definition) is 1. The number of piperidine rings is 1. The fourth-order valence-corrected chi connectivity index (χ4v) is 2.70. The van der Waals surface area contributed by atoms with E-state index in [-0.39, 0.29) is 0 Å². The molecule has 1 aromatic rings. The SMILES string of the molecule is Cc1cccc(OC[C@H](O)CN2CCC[C@@H](C)C2)c1. The first-order valence-corrected chi connectivity index (χ1v) is 7.23. The Labute approximate surface area is 116 Å². The maximum absolute atomic E-state index is 10.1. The van der Waals surface area contributed by atoms with E-state index in [4.69, 9.17) is 4.74 Å². The average molecular weight is 263 g/mol. The van der Waals surface area contributed by atoms with Gasteiger partial charge in [-0.1, -0.05) is 19.1 Å². The van der Waals surface area contributed by atoms with E-state index in [9.17, 15) is 5.11 Å². The van der Waals surface area contributed by atoms with Gasteiger partial charge in [0.1, 0.15) is 18.5 Å². The molecule has 19 heavy (non-hydrogen) atoms. The first-order valence-electron chi connectivity index (χ1n) is 7.23. The lowest BCUT2D eigenvalue weighted by atomic mass is 10.0. The lowest BCUT2D eigenvalue weighted by Gasteiger charge is -2.32. The Hall–Kier alpha value is -1.06. The van der Waals surface area contributed by atoms with Crippen molar-refractivity contribution in [2.24, 2.45) is 5.92 Å². The van der Waals surface area contributed by atoms with E-state index in [2.05, 4.69) is 11.8 Å². The van der Waals surface area contributed by atoms with Crippen LogP contribution in [0.2, 0.25) is 0 Å². The number of aryl methyl sites for hydroxylation is 1. The highest BCUT2D eigenvalue weighted by Crippen LogP contribution is 2.16. The van der Waals surface area contributed by atoms with Gasteiger partial charge >= 0.3 is 0 Å². The predicted octanol–water partition coefficient (Wildman–Crippen LogP) is 2.47. The molecular formula is C16H25NO2. The van der Waals surface area contributed by atoms with Crippen molar-refractivity contribution in [3.8, 4) is 5.75 Å². The Morgan fingerprint density at radius 1 is 1.47 bits per heavy atom. The number of aliphatic hydroxyl groups is 1. The Morgan fingerprint density at radius 3 is 3.05 bits per heavy atom. The summed E-state index contributed by atoms with van der Waals surface area (Å²) in [5.74, 6) is 1.59. The molecule has 0 unspecified atom stereocenters. The Kier molecular flexibility index (Phi) is 5.23. The molecule has 0 aliphatic carbocycles. The molecule has 0 saturated carbocycles. The molecule has 1 heterocycles. The molecule has 0 spiro atoms. The summed E-state index contributed by atoms with van der Waals surface area (Å²) in [5, 5.41) is 10.1. The highest BCUT2D eigenvalue weighted by Gasteiger charge is 2.19. The average Bonchev–Trinajstić information content (AvgIpc) is 2.36. The lowest BCUT2D eigenvalue weighted by Crippen LogP contribution is -2.41. The molecule has 1 aliphatic rings. The van der Waals surface area contributed by atoms with E-state index in [1.54, 1.807) is 0 Å². The second-order valence-corrected chi connectivity index (χ2v) is 5.79. The fourth-order valence-electron chi connectivity index (χ4n) is 2.70. The highest BCUT2D eigenvalue weighted by atomic mass is 16.5. The van der Waals surface area contributed by atoms with Crippen LogP contribution in [0.4, 0.5) is 0 Å². The third-order valence-corrected chi connectivity index (χ3v) is 3.64. The van der Waals surface area contributed by atoms with Gasteiger partial charge in [0.05, 0.1) is 0 Å². The smallest absolute Gasteiger partial charge is 0.119 e. The van der Waals surface area contributed by atoms with E-state index in [0.717, 1.165) is 31.3 Å². The summed E-state index contributed by atoms with van der Waals surface area (Å²) in [5.41, 5.74) is 1.18. The number of rotatable bonds is 5. The zero-order chi connectivity index (χ0) is 13.7. The molecule has 0 amide bonds. The van der Waals surface area contributed by atoms with Crippen molar-refractivity contribution in [1.29, 1.82) is 0 Å². The summed E-state index contributed by atoms with van der Waals surface area (Å²) in [6.07, 6.45) is 2.14. The van der Waals surface area contributed by atoms with Crippen LogP contribution in [0.25, 0.3) is 0 Å². The summed E-state index contributed by atoms with van der Waals surface area (Å²) in [7, 11) is 0. The standard InChI is InChI=1S/C16H25NO2/c1-13-5-3-7-16(9-13)19-12-15(18)11-17-8-4-6-14(2)10-17/h3,5,7,9,14-15,18H,4,6,8,10-12H2,1-2H3/t14-,15-/m1/s1. The first-order chi connectivity index (χ1) is 9.13. The van der Waals surface area contributed by atoms with Crippen molar-refractivity contribution < 1.29 is 9.84 Å². The minimum Gasteiger partial charge on any atom is -0.491 e. The topological polar surface area (TPSA) is 32.7 Å². The van der Waals surface area contributed by atoms with Gasteiger partial charge in [0.2, 0.25) is 0 Å². The summed E-state index contributed by atoms with van der Waals surface area (Å²) in [6, 6.07) is 7.94. The van der Waals surface area contributed by atoms with Crippen LogP contribution in [-0.2, 0) is 0 Å². The quantitative estimate of drug-likeness (QED) is 0.886. The van der Waals surface area contributed by atoms with Crippen LogP contribution in [0.5, 0.6) is 5.75 Å². The molecule has 1 aliphatic heterocycles. The second kappa shape index (κ2) is 6.92. The van der Waals surface area contributed by atoms with Crippen LogP contribution in [0.1, 0.15) is 25.3 Å². The molecule has 0 radical (unpaired) electrons. The number of likely N-dealkylation sites (tertiary alicyclic amines) is 1. The summed E-state index contributed by atoms with van der Waals surface area (Å²) >= 11 is 0. The third kappa shape index (κ3) is 4.84. The predicted molar refractivity (Wildman–Crippen MR) is 77.5 cm³/mol. The summed E-state index contributed by atoms with van der Waals surface area (Å²) < 4.78 is 5.64. The Balaban J connectivity index is 1.73. The largest absolute Gasteiger partial charge is 0.491 e. The number of benzene rings is 1. The normalized spacial score (nSPS) is 22.2. The van der Waals surface area contributed by atoms with Crippen LogP contribution in [0.3, 0.4) is 0 Å². The van der Waals surface area contributed by atoms with Gasteiger partial charge in [-0.15, -0.1) is 0 Å². The van der Waals surface area contributed by atoms with Crippen LogP contribution >= 0.6 is 0 Å². The van der Waals surface area contributed by atoms with E-state index in [1.807, 2.05) is 31.2 Å². The zero-order valence-corrected chi connectivity index (χ0v) is 12.0. The van der Waals surface area contributed by atoms with Crippen LogP contribution < -0.4 is 4.74 Å². The monoisotopic (exact) mass is 263 g/mol. The molecule has 1 saturated heterocycles. The van der Waals surface area contributed by atoms with Crippen LogP contribution in [0.15, 0.2) is 24.3 Å². The minimum atomic E-state index is -0.411.